The van der Waals surface area contributed by atoms with Gasteiger partial charge in [-0.25, -0.2) is 0 Å². The van der Waals surface area contributed by atoms with Crippen LogP contribution in [0.15, 0.2) is 0 Å². The van der Waals surface area contributed by atoms with Crippen LogP contribution in [0.25, 0.3) is 0 Å². The van der Waals surface area contributed by atoms with Crippen molar-refractivity contribution in [3.63, 3.8) is 0 Å². The maximum atomic E-state index is 10.9. The van der Waals surface area contributed by atoms with Crippen LogP contribution in [0.2, 0.25) is 0 Å². The number of piperazine rings is 1. The molecule has 1 rings (SSSR count). The zero-order valence-corrected chi connectivity index (χ0v) is 7.60. The minimum atomic E-state index is 0.130. The maximum Gasteiger partial charge on any atom is 0.234 e. The SMILES string of the molecule is CC(S)CN1CCNC(=O)C1. The minimum absolute atomic E-state index is 0.130. The zero-order valence-electron chi connectivity index (χ0n) is 6.71. The molecule has 1 unspecified atom stereocenters. The van der Waals surface area contributed by atoms with E-state index in [-0.39, 0.29) is 5.91 Å². The number of nitrogens with zero attached hydrogens (tertiary/aromatic N) is 1. The lowest BCUT2D eigenvalue weighted by molar-refractivity contribution is -0.124. The first-order valence-electron chi connectivity index (χ1n) is 3.85. The predicted molar refractivity (Wildman–Crippen MR) is 47.9 cm³/mol. The van der Waals surface area contributed by atoms with E-state index in [0.717, 1.165) is 19.6 Å². The lowest BCUT2D eigenvalue weighted by Gasteiger charge is -2.27. The standard InChI is InChI=1S/C7H14N2OS/c1-6(11)4-9-3-2-8-7(10)5-9/h6,11H,2-5H2,1H3,(H,8,10). The first kappa shape index (κ1) is 8.87. The minimum Gasteiger partial charge on any atom is -0.354 e. The Balaban J connectivity index is 2.28. The van der Waals surface area contributed by atoms with Gasteiger partial charge >= 0.3 is 0 Å². The largest absolute Gasteiger partial charge is 0.354 e. The van der Waals surface area contributed by atoms with Gasteiger partial charge in [-0.1, -0.05) is 6.92 Å². The number of hydrogen-bond acceptors (Lipinski definition) is 3. The Labute approximate surface area is 72.5 Å². The van der Waals surface area contributed by atoms with Crippen molar-refractivity contribution in [1.82, 2.24) is 10.2 Å². The molecule has 0 aromatic rings. The molecule has 1 saturated heterocycles. The van der Waals surface area contributed by atoms with Gasteiger partial charge in [-0.15, -0.1) is 0 Å². The van der Waals surface area contributed by atoms with Gasteiger partial charge in [-0.3, -0.25) is 9.69 Å². The van der Waals surface area contributed by atoms with E-state index in [2.05, 4.69) is 22.8 Å². The molecule has 1 amide bonds. The van der Waals surface area contributed by atoms with Gasteiger partial charge in [-0.05, 0) is 0 Å². The van der Waals surface area contributed by atoms with Crippen LogP contribution in [0.1, 0.15) is 6.92 Å². The van der Waals surface area contributed by atoms with E-state index in [4.69, 9.17) is 0 Å². The third-order valence-corrected chi connectivity index (χ3v) is 1.80. The Morgan fingerprint density at radius 2 is 2.55 bits per heavy atom. The number of thiol groups is 1. The summed E-state index contributed by atoms with van der Waals surface area (Å²) in [5.74, 6) is 0.130. The molecule has 1 heterocycles. The van der Waals surface area contributed by atoms with E-state index < -0.39 is 0 Å². The molecule has 0 bridgehead atoms. The molecular weight excluding hydrogens is 160 g/mol. The Kier molecular flexibility index (Phi) is 3.20. The molecular formula is C7H14N2OS. The second-order valence-corrected chi connectivity index (χ2v) is 3.82. The summed E-state index contributed by atoms with van der Waals surface area (Å²) in [7, 11) is 0. The molecule has 1 aliphatic heterocycles. The van der Waals surface area contributed by atoms with Gasteiger partial charge in [0.2, 0.25) is 5.91 Å². The Morgan fingerprint density at radius 3 is 3.09 bits per heavy atom. The fourth-order valence-electron chi connectivity index (χ4n) is 1.22. The van der Waals surface area contributed by atoms with E-state index >= 15 is 0 Å². The van der Waals surface area contributed by atoms with Gasteiger partial charge in [0.05, 0.1) is 6.54 Å². The summed E-state index contributed by atoms with van der Waals surface area (Å²) >= 11 is 4.26. The molecule has 64 valence electrons. The first-order chi connectivity index (χ1) is 5.18. The third-order valence-electron chi connectivity index (χ3n) is 1.64. The lowest BCUT2D eigenvalue weighted by atomic mass is 10.3. The van der Waals surface area contributed by atoms with Gasteiger partial charge < -0.3 is 5.32 Å². The van der Waals surface area contributed by atoms with Crippen molar-refractivity contribution >= 4 is 18.5 Å². The Hall–Kier alpha value is -0.220. The van der Waals surface area contributed by atoms with E-state index in [0.29, 0.717) is 11.8 Å². The number of amides is 1. The van der Waals surface area contributed by atoms with Gasteiger partial charge in [-0.2, -0.15) is 12.6 Å². The number of nitrogens with one attached hydrogen (secondary N) is 1. The predicted octanol–water partition coefficient (Wildman–Crippen LogP) is -0.264. The average molecular weight is 174 g/mol. The van der Waals surface area contributed by atoms with Gasteiger partial charge in [0.1, 0.15) is 0 Å². The molecule has 3 nitrogen and oxygen atoms in total. The highest BCUT2D eigenvalue weighted by Gasteiger charge is 2.16. The fourth-order valence-corrected chi connectivity index (χ4v) is 1.45. The van der Waals surface area contributed by atoms with Crippen molar-refractivity contribution in [2.45, 2.75) is 12.2 Å². The zero-order chi connectivity index (χ0) is 8.27. The van der Waals surface area contributed by atoms with Gasteiger partial charge in [0.25, 0.3) is 0 Å². The van der Waals surface area contributed by atoms with Crippen molar-refractivity contribution in [2.75, 3.05) is 26.2 Å². The monoisotopic (exact) mass is 174 g/mol. The van der Waals surface area contributed by atoms with Crippen LogP contribution in [0.3, 0.4) is 0 Å². The van der Waals surface area contributed by atoms with Crippen molar-refractivity contribution in [2.24, 2.45) is 0 Å². The van der Waals surface area contributed by atoms with E-state index in [1.165, 1.54) is 0 Å². The second-order valence-electron chi connectivity index (χ2n) is 2.93. The highest BCUT2D eigenvalue weighted by Crippen LogP contribution is 1.99. The first-order valence-corrected chi connectivity index (χ1v) is 4.37. The van der Waals surface area contributed by atoms with E-state index in [1.54, 1.807) is 0 Å². The molecule has 0 radical (unpaired) electrons. The van der Waals surface area contributed by atoms with Crippen molar-refractivity contribution < 1.29 is 4.79 Å². The molecule has 0 saturated carbocycles. The van der Waals surface area contributed by atoms with Crippen LogP contribution in [-0.2, 0) is 4.79 Å². The summed E-state index contributed by atoms with van der Waals surface area (Å²) < 4.78 is 0. The van der Waals surface area contributed by atoms with Gasteiger partial charge in [0, 0.05) is 24.9 Å². The maximum absolute atomic E-state index is 10.9. The fraction of sp³-hybridized carbons (Fsp3) is 0.857. The summed E-state index contributed by atoms with van der Waals surface area (Å²) in [6.07, 6.45) is 0. The van der Waals surface area contributed by atoms with Gasteiger partial charge in [0.15, 0.2) is 0 Å². The number of rotatable bonds is 2. The van der Waals surface area contributed by atoms with Crippen molar-refractivity contribution in [1.29, 1.82) is 0 Å². The van der Waals surface area contributed by atoms with Crippen LogP contribution in [0.5, 0.6) is 0 Å². The summed E-state index contributed by atoms with van der Waals surface area (Å²) in [5, 5.41) is 3.13. The van der Waals surface area contributed by atoms with Crippen molar-refractivity contribution in [3.8, 4) is 0 Å². The summed E-state index contributed by atoms with van der Waals surface area (Å²) in [6, 6.07) is 0. The molecule has 4 heteroatoms. The topological polar surface area (TPSA) is 32.3 Å². The summed E-state index contributed by atoms with van der Waals surface area (Å²) in [5.41, 5.74) is 0. The lowest BCUT2D eigenvalue weighted by Crippen LogP contribution is -2.48. The Bertz CT molecular complexity index is 149. The molecule has 11 heavy (non-hydrogen) atoms. The number of carbonyl (C=O) groups is 1. The van der Waals surface area contributed by atoms with Crippen LogP contribution < -0.4 is 5.32 Å². The molecule has 0 aromatic carbocycles. The van der Waals surface area contributed by atoms with E-state index in [9.17, 15) is 4.79 Å². The third kappa shape index (κ3) is 3.12. The highest BCUT2D eigenvalue weighted by atomic mass is 32.1. The number of carbonyl (C=O) groups excluding carboxylic acids is 1. The average Bonchev–Trinajstić information content (AvgIpc) is 1.85. The van der Waals surface area contributed by atoms with Crippen LogP contribution in [-0.4, -0.2) is 42.2 Å². The smallest absolute Gasteiger partial charge is 0.234 e. The molecule has 1 N–H and O–H groups in total. The summed E-state index contributed by atoms with van der Waals surface area (Å²) in [6.45, 7) is 5.20. The molecule has 1 aliphatic rings. The van der Waals surface area contributed by atoms with Crippen LogP contribution in [0.4, 0.5) is 0 Å². The summed E-state index contributed by atoms with van der Waals surface area (Å²) in [4.78, 5) is 13.0. The van der Waals surface area contributed by atoms with Crippen LogP contribution >= 0.6 is 12.6 Å². The normalized spacial score (nSPS) is 22.9. The van der Waals surface area contributed by atoms with E-state index in [1.807, 2.05) is 6.92 Å². The van der Waals surface area contributed by atoms with Crippen LogP contribution in [0, 0.1) is 0 Å². The Morgan fingerprint density at radius 1 is 1.82 bits per heavy atom. The molecule has 0 aromatic heterocycles. The van der Waals surface area contributed by atoms with Crippen molar-refractivity contribution in [3.05, 3.63) is 0 Å². The quantitative estimate of drug-likeness (QED) is 0.565. The molecule has 0 spiro atoms. The number of hydrogen-bond donors (Lipinski definition) is 2. The molecule has 0 aliphatic carbocycles. The highest BCUT2D eigenvalue weighted by molar-refractivity contribution is 7.80. The molecule has 1 fully saturated rings. The second kappa shape index (κ2) is 3.97. The molecule has 1 atom stereocenters.